The lowest BCUT2D eigenvalue weighted by molar-refractivity contribution is -0.139. The summed E-state index contributed by atoms with van der Waals surface area (Å²) in [6.45, 7) is 1.29. The van der Waals surface area contributed by atoms with Crippen molar-refractivity contribution >= 4 is 12.0 Å². The van der Waals surface area contributed by atoms with Crippen LogP contribution >= 0.6 is 0 Å². The molecule has 0 aliphatic heterocycles. The third-order valence-electron chi connectivity index (χ3n) is 2.54. The van der Waals surface area contributed by atoms with E-state index in [1.54, 1.807) is 30.3 Å². The molecular weight excluding hydrogens is 246 g/mol. The first-order valence-corrected chi connectivity index (χ1v) is 6.12. The summed E-state index contributed by atoms with van der Waals surface area (Å²) in [5.74, 6) is -1.09. The smallest absolute Gasteiger partial charge is 0.330 e. The molecule has 1 aromatic rings. The van der Waals surface area contributed by atoms with Crippen molar-refractivity contribution in [2.75, 3.05) is 20.1 Å². The second-order valence-electron chi connectivity index (χ2n) is 4.04. The molecule has 0 saturated heterocycles. The van der Waals surface area contributed by atoms with Crippen LogP contribution in [0, 0.1) is 0 Å². The van der Waals surface area contributed by atoms with Gasteiger partial charge >= 0.3 is 12.0 Å². The molecule has 1 atom stereocenters. The van der Waals surface area contributed by atoms with Gasteiger partial charge in [-0.05, 0) is 25.6 Å². The first kappa shape index (κ1) is 15.0. The molecule has 4 N–H and O–H groups in total. The minimum atomic E-state index is -1.09. The van der Waals surface area contributed by atoms with Crippen LogP contribution in [0.4, 0.5) is 4.79 Å². The van der Waals surface area contributed by atoms with E-state index >= 15 is 0 Å². The van der Waals surface area contributed by atoms with Crippen LogP contribution in [0.5, 0.6) is 0 Å². The third kappa shape index (κ3) is 5.39. The van der Waals surface area contributed by atoms with E-state index in [0.29, 0.717) is 12.1 Å². The van der Waals surface area contributed by atoms with Crippen molar-refractivity contribution in [1.29, 1.82) is 0 Å². The Morgan fingerprint density at radius 1 is 1.21 bits per heavy atom. The molecule has 1 rings (SSSR count). The van der Waals surface area contributed by atoms with Gasteiger partial charge < -0.3 is 21.1 Å². The Bertz CT molecular complexity index is 409. The third-order valence-corrected chi connectivity index (χ3v) is 2.54. The number of nitrogens with one attached hydrogen (secondary N) is 3. The summed E-state index contributed by atoms with van der Waals surface area (Å²) in [5.41, 5.74) is 0.542. The van der Waals surface area contributed by atoms with Crippen molar-refractivity contribution in [3.8, 4) is 0 Å². The highest BCUT2D eigenvalue weighted by molar-refractivity contribution is 5.83. The van der Waals surface area contributed by atoms with Gasteiger partial charge in [0.15, 0.2) is 6.04 Å². The Hall–Kier alpha value is -2.08. The molecule has 0 spiro atoms. The van der Waals surface area contributed by atoms with Crippen LogP contribution in [0.25, 0.3) is 0 Å². The maximum Gasteiger partial charge on any atom is 0.330 e. The number of rotatable bonds is 7. The number of amides is 2. The van der Waals surface area contributed by atoms with Crippen LogP contribution in [0.3, 0.4) is 0 Å². The molecule has 0 heterocycles. The molecule has 0 aliphatic rings. The molecule has 0 radical (unpaired) electrons. The molecule has 0 fully saturated rings. The first-order valence-electron chi connectivity index (χ1n) is 6.12. The van der Waals surface area contributed by atoms with Gasteiger partial charge in [0, 0.05) is 6.54 Å². The highest BCUT2D eigenvalue weighted by Gasteiger charge is 2.21. The molecule has 0 saturated carbocycles. The van der Waals surface area contributed by atoms with E-state index in [2.05, 4.69) is 16.0 Å². The fourth-order valence-corrected chi connectivity index (χ4v) is 1.58. The second kappa shape index (κ2) is 8.10. The van der Waals surface area contributed by atoms with Crippen LogP contribution in [0.15, 0.2) is 30.3 Å². The molecule has 19 heavy (non-hydrogen) atoms. The summed E-state index contributed by atoms with van der Waals surface area (Å²) in [7, 11) is 1.83. The van der Waals surface area contributed by atoms with Gasteiger partial charge in [-0.25, -0.2) is 9.59 Å². The van der Waals surface area contributed by atoms with Gasteiger partial charge in [0.25, 0.3) is 0 Å². The molecule has 0 aliphatic carbocycles. The largest absolute Gasteiger partial charge is 0.479 e. The predicted molar refractivity (Wildman–Crippen MR) is 71.9 cm³/mol. The molecule has 6 nitrogen and oxygen atoms in total. The summed E-state index contributed by atoms with van der Waals surface area (Å²) in [6, 6.07) is 7.08. The second-order valence-corrected chi connectivity index (χ2v) is 4.04. The maximum atomic E-state index is 11.6. The van der Waals surface area contributed by atoms with E-state index in [1.807, 2.05) is 7.05 Å². The van der Waals surface area contributed by atoms with Gasteiger partial charge in [0.1, 0.15) is 0 Å². The number of carbonyl (C=O) groups excluding carboxylic acids is 1. The standard InChI is InChI=1S/C13H19N3O3/c1-14-8-5-9-15-13(19)16-11(12(17)18)10-6-3-2-4-7-10/h2-4,6-7,11,14H,5,8-9H2,1H3,(H,17,18)(H2,15,16,19)/t11-/m1/s1. The zero-order valence-electron chi connectivity index (χ0n) is 10.8. The van der Waals surface area contributed by atoms with Crippen LogP contribution in [-0.4, -0.2) is 37.2 Å². The van der Waals surface area contributed by atoms with Crippen LogP contribution < -0.4 is 16.0 Å². The zero-order valence-corrected chi connectivity index (χ0v) is 10.8. The quantitative estimate of drug-likeness (QED) is 0.547. The summed E-state index contributed by atoms with van der Waals surface area (Å²) in [4.78, 5) is 22.7. The van der Waals surface area contributed by atoms with Crippen molar-refractivity contribution in [2.45, 2.75) is 12.5 Å². The van der Waals surface area contributed by atoms with Crippen molar-refractivity contribution in [2.24, 2.45) is 0 Å². The number of benzene rings is 1. The van der Waals surface area contributed by atoms with Gasteiger partial charge in [-0.2, -0.15) is 0 Å². The Morgan fingerprint density at radius 2 is 1.89 bits per heavy atom. The van der Waals surface area contributed by atoms with E-state index in [0.717, 1.165) is 13.0 Å². The minimum absolute atomic E-state index is 0.479. The molecule has 0 bridgehead atoms. The average Bonchev–Trinajstić information content (AvgIpc) is 2.41. The number of carboxylic acid groups (broad SMARTS) is 1. The molecular formula is C13H19N3O3. The van der Waals surface area contributed by atoms with Crippen LogP contribution in [0.1, 0.15) is 18.0 Å². The lowest BCUT2D eigenvalue weighted by Crippen LogP contribution is -2.41. The number of urea groups is 1. The molecule has 104 valence electrons. The Kier molecular flexibility index (Phi) is 6.38. The number of hydrogen-bond donors (Lipinski definition) is 4. The van der Waals surface area contributed by atoms with Gasteiger partial charge in [-0.15, -0.1) is 0 Å². The fraction of sp³-hybridized carbons (Fsp3) is 0.385. The first-order chi connectivity index (χ1) is 9.15. The molecule has 2 amide bonds. The van der Waals surface area contributed by atoms with Crippen molar-refractivity contribution in [3.63, 3.8) is 0 Å². The van der Waals surface area contributed by atoms with Crippen molar-refractivity contribution in [1.82, 2.24) is 16.0 Å². The highest BCUT2D eigenvalue weighted by Crippen LogP contribution is 2.12. The van der Waals surface area contributed by atoms with Crippen LogP contribution in [0.2, 0.25) is 0 Å². The average molecular weight is 265 g/mol. The highest BCUT2D eigenvalue weighted by atomic mass is 16.4. The van der Waals surface area contributed by atoms with Gasteiger partial charge in [0.05, 0.1) is 0 Å². The number of hydrogen-bond acceptors (Lipinski definition) is 3. The summed E-state index contributed by atoms with van der Waals surface area (Å²) in [6.07, 6.45) is 0.785. The van der Waals surface area contributed by atoms with Gasteiger partial charge in [-0.3, -0.25) is 0 Å². The SMILES string of the molecule is CNCCCNC(=O)N[C@@H](C(=O)O)c1ccccc1. The molecule has 1 aromatic carbocycles. The van der Waals surface area contributed by atoms with E-state index in [1.165, 1.54) is 0 Å². The summed E-state index contributed by atoms with van der Waals surface area (Å²) < 4.78 is 0. The summed E-state index contributed by atoms with van der Waals surface area (Å²) >= 11 is 0. The minimum Gasteiger partial charge on any atom is -0.479 e. The Morgan fingerprint density at radius 3 is 2.47 bits per heavy atom. The lowest BCUT2D eigenvalue weighted by Gasteiger charge is -2.15. The Labute approximate surface area is 112 Å². The summed E-state index contributed by atoms with van der Waals surface area (Å²) in [5, 5.41) is 17.2. The lowest BCUT2D eigenvalue weighted by atomic mass is 10.1. The van der Waals surface area contributed by atoms with Gasteiger partial charge in [0.2, 0.25) is 0 Å². The number of carboxylic acids is 1. The van der Waals surface area contributed by atoms with E-state index in [4.69, 9.17) is 5.11 Å². The monoisotopic (exact) mass is 265 g/mol. The predicted octanol–water partition coefficient (Wildman–Crippen LogP) is 0.721. The van der Waals surface area contributed by atoms with Crippen molar-refractivity contribution < 1.29 is 14.7 Å². The topological polar surface area (TPSA) is 90.5 Å². The Balaban J connectivity index is 2.51. The van der Waals surface area contributed by atoms with E-state index in [-0.39, 0.29) is 0 Å². The molecule has 6 heteroatoms. The normalized spacial score (nSPS) is 11.6. The molecule has 0 unspecified atom stereocenters. The van der Waals surface area contributed by atoms with E-state index in [9.17, 15) is 9.59 Å². The number of carbonyl (C=O) groups is 2. The van der Waals surface area contributed by atoms with Crippen LogP contribution in [-0.2, 0) is 4.79 Å². The van der Waals surface area contributed by atoms with Crippen molar-refractivity contribution in [3.05, 3.63) is 35.9 Å². The maximum absolute atomic E-state index is 11.6. The zero-order chi connectivity index (χ0) is 14.1. The number of aliphatic carboxylic acids is 1. The van der Waals surface area contributed by atoms with Gasteiger partial charge in [-0.1, -0.05) is 30.3 Å². The molecule has 0 aromatic heterocycles. The van der Waals surface area contributed by atoms with E-state index < -0.39 is 18.0 Å². The fourth-order valence-electron chi connectivity index (χ4n) is 1.58.